The predicted molar refractivity (Wildman–Crippen MR) is 119 cm³/mol. The van der Waals surface area contributed by atoms with Crippen LogP contribution in [0.4, 0.5) is 5.69 Å². The molecule has 1 aliphatic heterocycles. The number of hydrogen-bond donors (Lipinski definition) is 1. The SMILES string of the molecule is Cc1cccc(N2CCN(CC(O)COCC3=CCC4CC3C4(C)C)CC2)c1C. The molecule has 1 aromatic carbocycles. The number of allylic oxidation sites excluding steroid dienone is 1. The molecule has 3 aliphatic carbocycles. The van der Waals surface area contributed by atoms with E-state index in [1.807, 2.05) is 0 Å². The van der Waals surface area contributed by atoms with Crippen molar-refractivity contribution in [2.24, 2.45) is 17.3 Å². The number of aryl methyl sites for hydroxylation is 1. The van der Waals surface area contributed by atoms with Crippen molar-refractivity contribution in [3.63, 3.8) is 0 Å². The van der Waals surface area contributed by atoms with E-state index in [1.54, 1.807) is 0 Å². The van der Waals surface area contributed by atoms with Gasteiger partial charge in [0.05, 0.1) is 19.3 Å². The maximum absolute atomic E-state index is 10.5. The zero-order valence-corrected chi connectivity index (χ0v) is 18.7. The molecule has 4 aliphatic rings. The van der Waals surface area contributed by atoms with E-state index in [4.69, 9.17) is 4.74 Å². The summed E-state index contributed by atoms with van der Waals surface area (Å²) in [7, 11) is 0. The van der Waals surface area contributed by atoms with Gasteiger partial charge < -0.3 is 14.7 Å². The van der Waals surface area contributed by atoms with Crippen molar-refractivity contribution in [1.29, 1.82) is 0 Å². The smallest absolute Gasteiger partial charge is 0.0900 e. The van der Waals surface area contributed by atoms with Crippen LogP contribution in [-0.4, -0.2) is 62.0 Å². The molecule has 5 rings (SSSR count). The molecule has 0 amide bonds. The molecule has 160 valence electrons. The van der Waals surface area contributed by atoms with Gasteiger partial charge in [0.2, 0.25) is 0 Å². The highest BCUT2D eigenvalue weighted by molar-refractivity contribution is 5.56. The van der Waals surface area contributed by atoms with Crippen molar-refractivity contribution in [1.82, 2.24) is 4.90 Å². The lowest BCUT2D eigenvalue weighted by atomic mass is 9.49. The monoisotopic (exact) mass is 398 g/mol. The fourth-order valence-electron chi connectivity index (χ4n) is 5.55. The van der Waals surface area contributed by atoms with E-state index in [1.165, 1.54) is 35.2 Å². The Balaban J connectivity index is 1.18. The van der Waals surface area contributed by atoms with Gasteiger partial charge in [-0.05, 0) is 66.7 Å². The summed E-state index contributed by atoms with van der Waals surface area (Å²) in [6.45, 7) is 15.0. The molecule has 4 heteroatoms. The number of rotatable bonds is 7. The summed E-state index contributed by atoms with van der Waals surface area (Å²) < 4.78 is 5.93. The second kappa shape index (κ2) is 8.41. The van der Waals surface area contributed by atoms with Gasteiger partial charge in [-0.2, -0.15) is 0 Å². The number of anilines is 1. The minimum absolute atomic E-state index is 0.409. The van der Waals surface area contributed by atoms with Crippen LogP contribution in [0.3, 0.4) is 0 Å². The second-order valence-corrected chi connectivity index (χ2v) is 10.00. The number of aliphatic hydroxyl groups is 1. The quantitative estimate of drug-likeness (QED) is 0.709. The van der Waals surface area contributed by atoms with Crippen molar-refractivity contribution in [3.05, 3.63) is 41.0 Å². The Morgan fingerprint density at radius 3 is 2.62 bits per heavy atom. The largest absolute Gasteiger partial charge is 0.389 e. The van der Waals surface area contributed by atoms with E-state index >= 15 is 0 Å². The third-order valence-electron chi connectivity index (χ3n) is 7.92. The topological polar surface area (TPSA) is 35.9 Å². The normalized spacial score (nSPS) is 27.3. The van der Waals surface area contributed by atoms with E-state index in [-0.39, 0.29) is 0 Å². The van der Waals surface area contributed by atoms with E-state index in [2.05, 4.69) is 61.8 Å². The molecular formula is C25H38N2O2. The van der Waals surface area contributed by atoms with Gasteiger partial charge in [-0.25, -0.2) is 0 Å². The number of β-amino-alcohol motifs (C(OH)–C–C–N with tert-alkyl or cyclic N) is 1. The number of benzene rings is 1. The maximum atomic E-state index is 10.5. The minimum atomic E-state index is -0.409. The van der Waals surface area contributed by atoms with Crippen molar-refractivity contribution in [3.8, 4) is 0 Å². The zero-order chi connectivity index (χ0) is 20.6. The first-order valence-corrected chi connectivity index (χ1v) is 11.3. The molecule has 0 spiro atoms. The Hall–Kier alpha value is -1.36. The lowest BCUT2D eigenvalue weighted by Crippen LogP contribution is -2.49. The third kappa shape index (κ3) is 4.26. The van der Waals surface area contributed by atoms with Crippen LogP contribution in [0.25, 0.3) is 0 Å². The van der Waals surface area contributed by atoms with Crippen molar-refractivity contribution >= 4 is 5.69 Å². The van der Waals surface area contributed by atoms with Gasteiger partial charge >= 0.3 is 0 Å². The molecule has 1 heterocycles. The Morgan fingerprint density at radius 1 is 1.17 bits per heavy atom. The Bertz CT molecular complexity index is 749. The van der Waals surface area contributed by atoms with Crippen LogP contribution in [0.15, 0.2) is 29.8 Å². The minimum Gasteiger partial charge on any atom is -0.389 e. The summed E-state index contributed by atoms with van der Waals surface area (Å²) >= 11 is 0. The molecule has 4 nitrogen and oxygen atoms in total. The van der Waals surface area contributed by atoms with Crippen molar-refractivity contribution < 1.29 is 9.84 Å². The van der Waals surface area contributed by atoms with Crippen LogP contribution < -0.4 is 4.90 Å². The molecule has 1 N–H and O–H groups in total. The first-order chi connectivity index (χ1) is 13.9. The lowest BCUT2D eigenvalue weighted by Gasteiger charge is -2.56. The number of nitrogens with zero attached hydrogens (tertiary/aromatic N) is 2. The summed E-state index contributed by atoms with van der Waals surface area (Å²) in [5.41, 5.74) is 6.00. The van der Waals surface area contributed by atoms with Gasteiger partial charge in [0.25, 0.3) is 0 Å². The van der Waals surface area contributed by atoms with Gasteiger partial charge in [0.15, 0.2) is 0 Å². The molecule has 2 fully saturated rings. The summed E-state index contributed by atoms with van der Waals surface area (Å²) in [6, 6.07) is 6.56. The van der Waals surface area contributed by atoms with Crippen molar-refractivity contribution in [2.45, 2.75) is 46.6 Å². The molecule has 0 aromatic heterocycles. The number of aliphatic hydroxyl groups excluding tert-OH is 1. The van der Waals surface area contributed by atoms with Gasteiger partial charge in [-0.15, -0.1) is 0 Å². The van der Waals surface area contributed by atoms with Gasteiger partial charge in [0.1, 0.15) is 0 Å². The predicted octanol–water partition coefficient (Wildman–Crippen LogP) is 3.80. The highest BCUT2D eigenvalue weighted by atomic mass is 16.5. The zero-order valence-electron chi connectivity index (χ0n) is 18.7. The van der Waals surface area contributed by atoms with E-state index in [0.717, 1.165) is 32.1 Å². The van der Waals surface area contributed by atoms with Crippen LogP contribution in [0.2, 0.25) is 0 Å². The molecule has 2 bridgehead atoms. The standard InChI is InChI=1S/C25H38N2O2/c1-18-6-5-7-24(19(18)2)27-12-10-26(11-13-27)15-22(28)17-29-16-20-8-9-21-14-23(20)25(21,3)4/h5-8,21-23,28H,9-17H2,1-4H3. The fourth-order valence-corrected chi connectivity index (χ4v) is 5.55. The summed E-state index contributed by atoms with van der Waals surface area (Å²) in [6.07, 6.45) is 4.52. The molecule has 3 atom stereocenters. The maximum Gasteiger partial charge on any atom is 0.0900 e. The van der Waals surface area contributed by atoms with E-state index in [0.29, 0.717) is 31.1 Å². The molecule has 3 unspecified atom stereocenters. The summed E-state index contributed by atoms with van der Waals surface area (Å²) in [5, 5.41) is 10.5. The molecule has 1 saturated heterocycles. The first kappa shape index (κ1) is 20.9. The first-order valence-electron chi connectivity index (χ1n) is 11.3. The number of ether oxygens (including phenoxy) is 1. The third-order valence-corrected chi connectivity index (χ3v) is 7.92. The van der Waals surface area contributed by atoms with Crippen LogP contribution in [0.5, 0.6) is 0 Å². The molecular weight excluding hydrogens is 360 g/mol. The van der Waals surface area contributed by atoms with Crippen LogP contribution in [0.1, 0.15) is 37.8 Å². The van der Waals surface area contributed by atoms with Crippen LogP contribution in [-0.2, 0) is 4.74 Å². The molecule has 1 saturated carbocycles. The van der Waals surface area contributed by atoms with Crippen LogP contribution in [0, 0.1) is 31.1 Å². The summed E-state index contributed by atoms with van der Waals surface area (Å²) in [4.78, 5) is 4.85. The Labute approximate surface area is 176 Å². The van der Waals surface area contributed by atoms with Crippen LogP contribution >= 0.6 is 0 Å². The number of piperazine rings is 1. The highest BCUT2D eigenvalue weighted by Crippen LogP contribution is 2.59. The summed E-state index contributed by atoms with van der Waals surface area (Å²) in [5.74, 6) is 1.56. The molecule has 29 heavy (non-hydrogen) atoms. The van der Waals surface area contributed by atoms with Crippen molar-refractivity contribution in [2.75, 3.05) is 50.8 Å². The molecule has 0 radical (unpaired) electrons. The number of hydrogen-bond acceptors (Lipinski definition) is 4. The number of fused-ring (bicyclic) bond motifs is 1. The van der Waals surface area contributed by atoms with E-state index < -0.39 is 6.10 Å². The highest BCUT2D eigenvalue weighted by Gasteiger charge is 2.50. The Kier molecular flexibility index (Phi) is 6.06. The second-order valence-electron chi connectivity index (χ2n) is 10.00. The fraction of sp³-hybridized carbons (Fsp3) is 0.680. The average molecular weight is 399 g/mol. The van der Waals surface area contributed by atoms with Gasteiger partial charge in [0, 0.05) is 38.4 Å². The van der Waals surface area contributed by atoms with Gasteiger partial charge in [-0.3, -0.25) is 4.90 Å². The molecule has 1 aromatic rings. The lowest BCUT2D eigenvalue weighted by molar-refractivity contribution is -0.0262. The van der Waals surface area contributed by atoms with Gasteiger partial charge in [-0.1, -0.05) is 32.1 Å². The Morgan fingerprint density at radius 2 is 1.93 bits per heavy atom. The van der Waals surface area contributed by atoms with E-state index in [9.17, 15) is 5.11 Å². The average Bonchev–Trinajstić information content (AvgIpc) is 2.71.